The van der Waals surface area contributed by atoms with Gasteiger partial charge < -0.3 is 15.6 Å². The topological polar surface area (TPSA) is 60.1 Å². The maximum atomic E-state index is 13.4. The molecule has 18 heavy (non-hydrogen) atoms. The van der Waals surface area contributed by atoms with Crippen LogP contribution in [0.3, 0.4) is 0 Å². The van der Waals surface area contributed by atoms with E-state index in [-0.39, 0.29) is 5.69 Å². The quantitative estimate of drug-likeness (QED) is 0.855. The number of halogens is 1. The Morgan fingerprint density at radius 2 is 2.06 bits per heavy atom. The van der Waals surface area contributed by atoms with E-state index in [1.54, 1.807) is 29.8 Å². The number of para-hydroxylation sites is 1. The van der Waals surface area contributed by atoms with Gasteiger partial charge in [-0.15, -0.1) is 0 Å². The lowest BCUT2D eigenvalue weighted by molar-refractivity contribution is 0.101. The highest BCUT2D eigenvalue weighted by Gasteiger charge is 2.17. The Morgan fingerprint density at radius 1 is 1.39 bits per heavy atom. The molecule has 3 N–H and O–H groups in total. The number of rotatable bonds is 2. The van der Waals surface area contributed by atoms with E-state index in [1.807, 2.05) is 6.92 Å². The summed E-state index contributed by atoms with van der Waals surface area (Å²) in [6, 6.07) is 7.70. The van der Waals surface area contributed by atoms with Crippen LogP contribution in [0.15, 0.2) is 30.3 Å². The highest BCUT2D eigenvalue weighted by Crippen LogP contribution is 2.19. The van der Waals surface area contributed by atoms with Crippen molar-refractivity contribution < 1.29 is 9.18 Å². The smallest absolute Gasteiger partial charge is 0.274 e. The van der Waals surface area contributed by atoms with E-state index in [9.17, 15) is 9.18 Å². The SMILES string of the molecule is Cc1cc(N)c(C(=O)Nc2ccccc2F)n1C. The van der Waals surface area contributed by atoms with E-state index in [4.69, 9.17) is 5.73 Å². The monoisotopic (exact) mass is 247 g/mol. The molecule has 0 atom stereocenters. The van der Waals surface area contributed by atoms with Crippen LogP contribution in [0.5, 0.6) is 0 Å². The number of amides is 1. The Hall–Kier alpha value is -2.30. The molecule has 0 unspecified atom stereocenters. The van der Waals surface area contributed by atoms with Crippen molar-refractivity contribution in [3.8, 4) is 0 Å². The zero-order valence-electron chi connectivity index (χ0n) is 10.2. The van der Waals surface area contributed by atoms with Crippen molar-refractivity contribution in [2.45, 2.75) is 6.92 Å². The number of carbonyl (C=O) groups excluding carboxylic acids is 1. The van der Waals surface area contributed by atoms with Crippen LogP contribution in [0.2, 0.25) is 0 Å². The summed E-state index contributed by atoms with van der Waals surface area (Å²) >= 11 is 0. The van der Waals surface area contributed by atoms with E-state index >= 15 is 0 Å². The van der Waals surface area contributed by atoms with Gasteiger partial charge in [0.1, 0.15) is 11.5 Å². The average Bonchev–Trinajstić information content (AvgIpc) is 2.56. The van der Waals surface area contributed by atoms with Gasteiger partial charge in [0.2, 0.25) is 0 Å². The molecule has 0 saturated heterocycles. The summed E-state index contributed by atoms with van der Waals surface area (Å²) in [4.78, 5) is 12.0. The number of anilines is 2. The summed E-state index contributed by atoms with van der Waals surface area (Å²) in [6.45, 7) is 1.84. The maximum absolute atomic E-state index is 13.4. The molecular weight excluding hydrogens is 233 g/mol. The number of carbonyl (C=O) groups is 1. The molecular formula is C13H14FN3O. The molecule has 1 aromatic heterocycles. The third kappa shape index (κ3) is 2.07. The fraction of sp³-hybridized carbons (Fsp3) is 0.154. The predicted octanol–water partition coefficient (Wildman–Crippen LogP) is 2.31. The molecule has 0 aliphatic carbocycles. The Morgan fingerprint density at radius 3 is 2.61 bits per heavy atom. The van der Waals surface area contributed by atoms with Gasteiger partial charge in [0.05, 0.1) is 11.4 Å². The van der Waals surface area contributed by atoms with E-state index in [2.05, 4.69) is 5.32 Å². The highest BCUT2D eigenvalue weighted by atomic mass is 19.1. The Balaban J connectivity index is 2.31. The summed E-state index contributed by atoms with van der Waals surface area (Å²) in [5.41, 5.74) is 7.47. The predicted molar refractivity (Wildman–Crippen MR) is 68.9 cm³/mol. The van der Waals surface area contributed by atoms with E-state index in [0.29, 0.717) is 11.4 Å². The molecule has 0 saturated carbocycles. The first-order valence-corrected chi connectivity index (χ1v) is 5.48. The van der Waals surface area contributed by atoms with Crippen molar-refractivity contribution in [2.75, 3.05) is 11.1 Å². The molecule has 5 heteroatoms. The lowest BCUT2D eigenvalue weighted by atomic mass is 10.3. The van der Waals surface area contributed by atoms with Gasteiger partial charge in [0, 0.05) is 12.7 Å². The summed E-state index contributed by atoms with van der Waals surface area (Å²) in [5.74, 6) is -0.899. The molecule has 2 rings (SSSR count). The minimum absolute atomic E-state index is 0.140. The second-order valence-corrected chi connectivity index (χ2v) is 4.08. The first kappa shape index (κ1) is 12.2. The molecule has 1 heterocycles. The van der Waals surface area contributed by atoms with Crippen molar-refractivity contribution in [3.05, 3.63) is 47.5 Å². The summed E-state index contributed by atoms with van der Waals surface area (Å²) in [5, 5.41) is 2.51. The number of nitrogens with zero attached hydrogens (tertiary/aromatic N) is 1. The number of hydrogen-bond acceptors (Lipinski definition) is 2. The number of aryl methyl sites for hydroxylation is 1. The summed E-state index contributed by atoms with van der Waals surface area (Å²) in [6.07, 6.45) is 0. The second kappa shape index (κ2) is 4.52. The van der Waals surface area contributed by atoms with Crippen molar-refractivity contribution in [1.29, 1.82) is 0 Å². The van der Waals surface area contributed by atoms with Gasteiger partial charge in [-0.2, -0.15) is 0 Å². The van der Waals surface area contributed by atoms with Crippen molar-refractivity contribution >= 4 is 17.3 Å². The maximum Gasteiger partial charge on any atom is 0.274 e. The molecule has 0 aliphatic rings. The first-order chi connectivity index (χ1) is 8.50. The normalized spacial score (nSPS) is 10.4. The minimum atomic E-state index is -0.477. The van der Waals surface area contributed by atoms with Crippen LogP contribution in [0.4, 0.5) is 15.8 Å². The molecule has 94 valence electrons. The average molecular weight is 247 g/mol. The number of benzene rings is 1. The van der Waals surface area contributed by atoms with Crippen LogP contribution < -0.4 is 11.1 Å². The van der Waals surface area contributed by atoms with Crippen LogP contribution in [-0.4, -0.2) is 10.5 Å². The van der Waals surface area contributed by atoms with Crippen LogP contribution in [-0.2, 0) is 7.05 Å². The van der Waals surface area contributed by atoms with Crippen LogP contribution in [0.1, 0.15) is 16.2 Å². The van der Waals surface area contributed by atoms with E-state index in [1.165, 1.54) is 12.1 Å². The Kier molecular flexibility index (Phi) is 3.06. The number of nitrogens with two attached hydrogens (primary N) is 1. The van der Waals surface area contributed by atoms with Gasteiger partial charge in [-0.1, -0.05) is 12.1 Å². The third-order valence-corrected chi connectivity index (χ3v) is 2.84. The van der Waals surface area contributed by atoms with E-state index in [0.717, 1.165) is 5.69 Å². The lowest BCUT2D eigenvalue weighted by Crippen LogP contribution is -2.18. The fourth-order valence-electron chi connectivity index (χ4n) is 1.79. The number of nitrogens with one attached hydrogen (secondary N) is 1. The molecule has 0 bridgehead atoms. The second-order valence-electron chi connectivity index (χ2n) is 4.08. The van der Waals surface area contributed by atoms with Gasteiger partial charge >= 0.3 is 0 Å². The molecule has 0 radical (unpaired) electrons. The van der Waals surface area contributed by atoms with Gasteiger partial charge in [0.25, 0.3) is 5.91 Å². The highest BCUT2D eigenvalue weighted by molar-refractivity contribution is 6.06. The third-order valence-electron chi connectivity index (χ3n) is 2.84. The van der Waals surface area contributed by atoms with Gasteiger partial charge in [-0.3, -0.25) is 4.79 Å². The van der Waals surface area contributed by atoms with Crippen molar-refractivity contribution in [1.82, 2.24) is 4.57 Å². The molecule has 0 spiro atoms. The molecule has 0 fully saturated rings. The zero-order valence-corrected chi connectivity index (χ0v) is 10.2. The van der Waals surface area contributed by atoms with Gasteiger partial charge in [0.15, 0.2) is 0 Å². The first-order valence-electron chi connectivity index (χ1n) is 5.48. The van der Waals surface area contributed by atoms with Gasteiger partial charge in [-0.25, -0.2) is 4.39 Å². The largest absolute Gasteiger partial charge is 0.397 e. The molecule has 1 aromatic carbocycles. The van der Waals surface area contributed by atoms with Crippen molar-refractivity contribution in [3.63, 3.8) is 0 Å². The standard InChI is InChI=1S/C13H14FN3O/c1-8-7-10(15)12(17(8)2)13(18)16-11-6-4-3-5-9(11)14/h3-7H,15H2,1-2H3,(H,16,18). The van der Waals surface area contributed by atoms with Crippen molar-refractivity contribution in [2.24, 2.45) is 7.05 Å². The van der Waals surface area contributed by atoms with Crippen LogP contribution in [0.25, 0.3) is 0 Å². The molecule has 1 amide bonds. The number of aromatic nitrogens is 1. The Labute approximate surface area is 104 Å². The zero-order chi connectivity index (χ0) is 13.3. The Bertz CT molecular complexity index is 604. The van der Waals surface area contributed by atoms with E-state index < -0.39 is 11.7 Å². The number of hydrogen-bond donors (Lipinski definition) is 2. The summed E-state index contributed by atoms with van der Waals surface area (Å²) < 4.78 is 15.1. The summed E-state index contributed by atoms with van der Waals surface area (Å²) in [7, 11) is 1.74. The molecule has 2 aromatic rings. The molecule has 4 nitrogen and oxygen atoms in total. The fourth-order valence-corrected chi connectivity index (χ4v) is 1.79. The number of nitrogen functional groups attached to an aromatic ring is 1. The van der Waals surface area contributed by atoms with Gasteiger partial charge in [-0.05, 0) is 25.1 Å². The lowest BCUT2D eigenvalue weighted by Gasteiger charge is -2.08. The van der Waals surface area contributed by atoms with Crippen LogP contribution >= 0.6 is 0 Å². The minimum Gasteiger partial charge on any atom is -0.397 e. The molecule has 0 aliphatic heterocycles. The van der Waals surface area contributed by atoms with Crippen LogP contribution in [0, 0.1) is 12.7 Å².